The van der Waals surface area contributed by atoms with Crippen molar-refractivity contribution < 1.29 is 19.8 Å². The number of urea groups is 1. The second-order valence-corrected chi connectivity index (χ2v) is 5.00. The van der Waals surface area contributed by atoms with E-state index in [0.29, 0.717) is 12.2 Å². The molecule has 2 amide bonds. The number of phenols is 1. The Labute approximate surface area is 116 Å². The summed E-state index contributed by atoms with van der Waals surface area (Å²) >= 11 is 0. The van der Waals surface area contributed by atoms with Crippen LogP contribution in [0.15, 0.2) is 18.2 Å². The first-order valence-electron chi connectivity index (χ1n) is 6.67. The number of anilines is 1. The first-order chi connectivity index (χ1) is 9.56. The minimum absolute atomic E-state index is 0.239. The molecule has 0 spiro atoms. The van der Waals surface area contributed by atoms with Crippen molar-refractivity contribution in [3.05, 3.63) is 23.8 Å². The van der Waals surface area contributed by atoms with Crippen molar-refractivity contribution >= 4 is 17.7 Å². The van der Waals surface area contributed by atoms with E-state index in [0.717, 1.165) is 18.8 Å². The van der Waals surface area contributed by atoms with Gasteiger partial charge < -0.3 is 20.8 Å². The average molecular weight is 278 g/mol. The van der Waals surface area contributed by atoms with Crippen LogP contribution in [0.5, 0.6) is 5.75 Å². The molecule has 1 aromatic carbocycles. The second kappa shape index (κ2) is 6.27. The van der Waals surface area contributed by atoms with Gasteiger partial charge in [-0.25, -0.2) is 9.59 Å². The van der Waals surface area contributed by atoms with Gasteiger partial charge in [0.1, 0.15) is 11.3 Å². The number of nitrogens with one attached hydrogen (secondary N) is 2. The van der Waals surface area contributed by atoms with Gasteiger partial charge in [-0.05, 0) is 37.0 Å². The third kappa shape index (κ3) is 4.15. The zero-order valence-corrected chi connectivity index (χ0v) is 11.1. The van der Waals surface area contributed by atoms with E-state index in [1.54, 1.807) is 0 Å². The summed E-state index contributed by atoms with van der Waals surface area (Å²) in [6.45, 7) is 0.603. The van der Waals surface area contributed by atoms with E-state index < -0.39 is 5.97 Å². The molecule has 6 heteroatoms. The SMILES string of the molecule is O=C(NCCCC1CC1)Nc1ccc(O)c(C(=O)O)c1. The number of carbonyl (C=O) groups is 2. The normalized spacial score (nSPS) is 13.8. The number of rotatable bonds is 6. The van der Waals surface area contributed by atoms with Crippen LogP contribution in [0, 0.1) is 5.92 Å². The van der Waals surface area contributed by atoms with Gasteiger partial charge in [-0.15, -0.1) is 0 Å². The first kappa shape index (κ1) is 14.2. The Morgan fingerprint density at radius 3 is 2.70 bits per heavy atom. The zero-order valence-electron chi connectivity index (χ0n) is 11.1. The molecule has 1 aromatic rings. The molecule has 0 heterocycles. The molecule has 0 atom stereocenters. The van der Waals surface area contributed by atoms with Crippen LogP contribution < -0.4 is 10.6 Å². The van der Waals surface area contributed by atoms with E-state index in [2.05, 4.69) is 10.6 Å². The van der Waals surface area contributed by atoms with E-state index in [4.69, 9.17) is 5.11 Å². The Morgan fingerprint density at radius 2 is 2.05 bits per heavy atom. The van der Waals surface area contributed by atoms with Crippen molar-refractivity contribution in [2.45, 2.75) is 25.7 Å². The number of aromatic carboxylic acids is 1. The van der Waals surface area contributed by atoms with Crippen LogP contribution in [0.2, 0.25) is 0 Å². The van der Waals surface area contributed by atoms with Gasteiger partial charge in [0.25, 0.3) is 0 Å². The van der Waals surface area contributed by atoms with E-state index >= 15 is 0 Å². The molecule has 0 aromatic heterocycles. The molecular formula is C14H18N2O4. The lowest BCUT2D eigenvalue weighted by Crippen LogP contribution is -2.29. The standard InChI is InChI=1S/C14H18N2O4/c17-12-6-5-10(8-11(12)13(18)19)16-14(20)15-7-1-2-9-3-4-9/h5-6,8-9,17H,1-4,7H2,(H,18,19)(H2,15,16,20). The largest absolute Gasteiger partial charge is 0.507 e. The summed E-state index contributed by atoms with van der Waals surface area (Å²) in [5, 5.41) is 23.5. The van der Waals surface area contributed by atoms with Crippen LogP contribution >= 0.6 is 0 Å². The predicted octanol–water partition coefficient (Wildman–Crippen LogP) is 2.40. The predicted molar refractivity (Wildman–Crippen MR) is 74.0 cm³/mol. The number of benzene rings is 1. The molecule has 0 bridgehead atoms. The highest BCUT2D eigenvalue weighted by molar-refractivity contribution is 5.95. The molecular weight excluding hydrogens is 260 g/mol. The summed E-state index contributed by atoms with van der Waals surface area (Å²) < 4.78 is 0. The number of amides is 2. The van der Waals surface area contributed by atoms with Crippen molar-refractivity contribution in [2.24, 2.45) is 5.92 Å². The van der Waals surface area contributed by atoms with E-state index in [-0.39, 0.29) is 17.3 Å². The highest BCUT2D eigenvalue weighted by atomic mass is 16.4. The molecule has 1 aliphatic rings. The van der Waals surface area contributed by atoms with Crippen molar-refractivity contribution in [3.8, 4) is 5.75 Å². The molecule has 2 rings (SSSR count). The van der Waals surface area contributed by atoms with Gasteiger partial charge in [0.2, 0.25) is 0 Å². The summed E-state index contributed by atoms with van der Waals surface area (Å²) in [5.74, 6) is -0.723. The van der Waals surface area contributed by atoms with Gasteiger partial charge in [0, 0.05) is 12.2 Å². The van der Waals surface area contributed by atoms with Gasteiger partial charge in [-0.1, -0.05) is 12.8 Å². The number of carbonyl (C=O) groups excluding carboxylic acids is 1. The molecule has 0 radical (unpaired) electrons. The van der Waals surface area contributed by atoms with Crippen LogP contribution in [0.4, 0.5) is 10.5 Å². The van der Waals surface area contributed by atoms with Gasteiger partial charge in [0.05, 0.1) is 0 Å². The maximum absolute atomic E-state index is 11.6. The van der Waals surface area contributed by atoms with Crippen LogP contribution in [0.1, 0.15) is 36.0 Å². The molecule has 1 saturated carbocycles. The van der Waals surface area contributed by atoms with Gasteiger partial charge in [0.15, 0.2) is 0 Å². The molecule has 0 unspecified atom stereocenters. The lowest BCUT2D eigenvalue weighted by atomic mass is 10.2. The van der Waals surface area contributed by atoms with E-state index in [1.807, 2.05) is 0 Å². The Kier molecular flexibility index (Phi) is 4.45. The Bertz CT molecular complexity index is 512. The molecule has 0 saturated heterocycles. The summed E-state index contributed by atoms with van der Waals surface area (Å²) in [4.78, 5) is 22.5. The van der Waals surface area contributed by atoms with E-state index in [9.17, 15) is 14.7 Å². The van der Waals surface area contributed by atoms with Crippen molar-refractivity contribution in [1.29, 1.82) is 0 Å². The average Bonchev–Trinajstić information content (AvgIpc) is 3.21. The summed E-state index contributed by atoms with van der Waals surface area (Å²) in [6.07, 6.45) is 4.70. The minimum Gasteiger partial charge on any atom is -0.507 e. The molecule has 4 N–H and O–H groups in total. The molecule has 0 aliphatic heterocycles. The maximum Gasteiger partial charge on any atom is 0.339 e. The lowest BCUT2D eigenvalue weighted by molar-refractivity contribution is 0.0693. The molecule has 20 heavy (non-hydrogen) atoms. The number of carboxylic acid groups (broad SMARTS) is 1. The Hall–Kier alpha value is -2.24. The summed E-state index contributed by atoms with van der Waals surface area (Å²) in [6, 6.07) is 3.54. The fourth-order valence-corrected chi connectivity index (χ4v) is 1.96. The fourth-order valence-electron chi connectivity index (χ4n) is 1.96. The van der Waals surface area contributed by atoms with Crippen molar-refractivity contribution in [3.63, 3.8) is 0 Å². The quantitative estimate of drug-likeness (QED) is 0.474. The number of aromatic hydroxyl groups is 1. The van der Waals surface area contributed by atoms with E-state index in [1.165, 1.54) is 31.0 Å². The topological polar surface area (TPSA) is 98.7 Å². The Morgan fingerprint density at radius 1 is 1.30 bits per heavy atom. The van der Waals surface area contributed by atoms with Crippen molar-refractivity contribution in [2.75, 3.05) is 11.9 Å². The number of carboxylic acids is 1. The lowest BCUT2D eigenvalue weighted by Gasteiger charge is -2.08. The maximum atomic E-state index is 11.6. The third-order valence-corrected chi connectivity index (χ3v) is 3.26. The van der Waals surface area contributed by atoms with Crippen LogP contribution in [-0.2, 0) is 0 Å². The van der Waals surface area contributed by atoms with Gasteiger partial charge in [-0.3, -0.25) is 0 Å². The summed E-state index contributed by atoms with van der Waals surface area (Å²) in [7, 11) is 0. The monoisotopic (exact) mass is 278 g/mol. The molecule has 1 aliphatic carbocycles. The van der Waals surface area contributed by atoms with Crippen LogP contribution in [-0.4, -0.2) is 28.8 Å². The first-order valence-corrected chi connectivity index (χ1v) is 6.67. The smallest absolute Gasteiger partial charge is 0.339 e. The highest BCUT2D eigenvalue weighted by Crippen LogP contribution is 2.33. The van der Waals surface area contributed by atoms with Gasteiger partial charge >= 0.3 is 12.0 Å². The van der Waals surface area contributed by atoms with Crippen LogP contribution in [0.3, 0.4) is 0 Å². The van der Waals surface area contributed by atoms with Gasteiger partial charge in [-0.2, -0.15) is 0 Å². The zero-order chi connectivity index (χ0) is 14.5. The third-order valence-electron chi connectivity index (χ3n) is 3.26. The molecule has 108 valence electrons. The second-order valence-electron chi connectivity index (χ2n) is 5.00. The minimum atomic E-state index is -1.24. The number of hydrogen-bond donors (Lipinski definition) is 4. The highest BCUT2D eigenvalue weighted by Gasteiger charge is 2.20. The molecule has 6 nitrogen and oxygen atoms in total. The summed E-state index contributed by atoms with van der Waals surface area (Å²) in [5.41, 5.74) is 0.0939. The van der Waals surface area contributed by atoms with Crippen molar-refractivity contribution in [1.82, 2.24) is 5.32 Å². The Balaban J connectivity index is 1.80. The number of hydrogen-bond acceptors (Lipinski definition) is 3. The fraction of sp³-hybridized carbons (Fsp3) is 0.429. The molecule has 1 fully saturated rings. The van der Waals surface area contributed by atoms with Crippen LogP contribution in [0.25, 0.3) is 0 Å².